The standard InChI is InChI=1S/C9H15ClN2/c10-6-7-12(8-11)9-4-2-1-3-5-9/h9H,1-7H2. The largest absolute Gasteiger partial charge is 0.306 e. The molecule has 0 aromatic carbocycles. The molecule has 0 radical (unpaired) electrons. The van der Waals surface area contributed by atoms with Crippen LogP contribution >= 0.6 is 11.6 Å². The van der Waals surface area contributed by atoms with E-state index in [4.69, 9.17) is 16.9 Å². The van der Waals surface area contributed by atoms with Crippen molar-refractivity contribution in [3.63, 3.8) is 0 Å². The fraction of sp³-hybridized carbons (Fsp3) is 0.889. The van der Waals surface area contributed by atoms with E-state index < -0.39 is 0 Å². The summed E-state index contributed by atoms with van der Waals surface area (Å²) in [4.78, 5) is 1.84. The molecule has 0 aromatic heterocycles. The first kappa shape index (κ1) is 9.67. The zero-order valence-electron chi connectivity index (χ0n) is 7.30. The van der Waals surface area contributed by atoms with Gasteiger partial charge in [-0.05, 0) is 12.8 Å². The van der Waals surface area contributed by atoms with Gasteiger partial charge >= 0.3 is 0 Å². The maximum absolute atomic E-state index is 8.83. The Bertz CT molecular complexity index is 158. The van der Waals surface area contributed by atoms with Crippen molar-refractivity contribution in [1.29, 1.82) is 5.26 Å². The van der Waals surface area contributed by atoms with Crippen molar-refractivity contribution in [2.45, 2.75) is 38.1 Å². The van der Waals surface area contributed by atoms with Crippen molar-refractivity contribution in [3.8, 4) is 6.19 Å². The number of halogens is 1. The molecule has 3 heteroatoms. The minimum absolute atomic E-state index is 0.475. The zero-order chi connectivity index (χ0) is 8.81. The third kappa shape index (κ3) is 2.57. The lowest BCUT2D eigenvalue weighted by molar-refractivity contribution is 0.237. The van der Waals surface area contributed by atoms with Crippen LogP contribution in [0.4, 0.5) is 0 Å². The van der Waals surface area contributed by atoms with Gasteiger partial charge in [0.1, 0.15) is 0 Å². The van der Waals surface area contributed by atoms with Crippen LogP contribution < -0.4 is 0 Å². The predicted octanol–water partition coefficient (Wildman–Crippen LogP) is 2.34. The number of hydrogen-bond donors (Lipinski definition) is 0. The molecule has 1 aliphatic rings. The summed E-state index contributed by atoms with van der Waals surface area (Å²) < 4.78 is 0. The topological polar surface area (TPSA) is 27.0 Å². The first-order chi connectivity index (χ1) is 5.88. The van der Waals surface area contributed by atoms with Gasteiger partial charge in [0.2, 0.25) is 0 Å². The van der Waals surface area contributed by atoms with Gasteiger partial charge in [0.05, 0.1) is 0 Å². The molecule has 1 rings (SSSR count). The molecule has 0 amide bonds. The van der Waals surface area contributed by atoms with Crippen LogP contribution in [0.2, 0.25) is 0 Å². The Labute approximate surface area is 79.1 Å². The summed E-state index contributed by atoms with van der Waals surface area (Å²) in [7, 11) is 0. The lowest BCUT2D eigenvalue weighted by atomic mass is 9.94. The van der Waals surface area contributed by atoms with E-state index in [9.17, 15) is 0 Å². The Kier molecular flexibility index (Phi) is 4.24. The Hall–Kier alpha value is -0.420. The fourth-order valence-corrected chi connectivity index (χ4v) is 1.98. The van der Waals surface area contributed by atoms with Gasteiger partial charge in [-0.15, -0.1) is 11.6 Å². The summed E-state index contributed by atoms with van der Waals surface area (Å²) in [6.07, 6.45) is 8.43. The second-order valence-electron chi connectivity index (χ2n) is 3.27. The van der Waals surface area contributed by atoms with Gasteiger partial charge in [0.25, 0.3) is 0 Å². The van der Waals surface area contributed by atoms with E-state index in [1.807, 2.05) is 4.90 Å². The number of nitrogens with zero attached hydrogens (tertiary/aromatic N) is 2. The summed E-state index contributed by atoms with van der Waals surface area (Å²) in [6, 6.07) is 0.475. The molecule has 1 fully saturated rings. The van der Waals surface area contributed by atoms with Gasteiger partial charge in [-0.2, -0.15) is 5.26 Å². The Balaban J connectivity index is 2.36. The highest BCUT2D eigenvalue weighted by atomic mass is 35.5. The lowest BCUT2D eigenvalue weighted by Crippen LogP contribution is -2.34. The van der Waals surface area contributed by atoms with Crippen molar-refractivity contribution < 1.29 is 0 Å². The van der Waals surface area contributed by atoms with E-state index in [1.165, 1.54) is 32.1 Å². The van der Waals surface area contributed by atoms with Crippen LogP contribution in [0.3, 0.4) is 0 Å². The molecule has 0 spiro atoms. The van der Waals surface area contributed by atoms with Crippen LogP contribution in [0, 0.1) is 11.5 Å². The van der Waals surface area contributed by atoms with Gasteiger partial charge < -0.3 is 4.90 Å². The molecular weight excluding hydrogens is 172 g/mol. The van der Waals surface area contributed by atoms with Crippen LogP contribution in [0.5, 0.6) is 0 Å². The highest BCUT2D eigenvalue weighted by Gasteiger charge is 2.18. The molecule has 68 valence electrons. The third-order valence-corrected chi connectivity index (χ3v) is 2.64. The van der Waals surface area contributed by atoms with Crippen LogP contribution in [0.25, 0.3) is 0 Å². The van der Waals surface area contributed by atoms with Crippen LogP contribution in [0.15, 0.2) is 0 Å². The van der Waals surface area contributed by atoms with Crippen molar-refractivity contribution >= 4 is 11.6 Å². The van der Waals surface area contributed by atoms with Crippen LogP contribution in [0.1, 0.15) is 32.1 Å². The Morgan fingerprint density at radius 2 is 2.00 bits per heavy atom. The summed E-state index contributed by atoms with van der Waals surface area (Å²) in [5, 5.41) is 8.83. The summed E-state index contributed by atoms with van der Waals surface area (Å²) in [5.41, 5.74) is 0. The van der Waals surface area contributed by atoms with Crippen molar-refractivity contribution in [1.82, 2.24) is 4.90 Å². The van der Waals surface area contributed by atoms with E-state index in [2.05, 4.69) is 6.19 Å². The lowest BCUT2D eigenvalue weighted by Gasteiger charge is -2.29. The minimum Gasteiger partial charge on any atom is -0.306 e. The van der Waals surface area contributed by atoms with E-state index in [0.717, 1.165) is 0 Å². The molecule has 0 bridgehead atoms. The second kappa shape index (κ2) is 5.27. The highest BCUT2D eigenvalue weighted by molar-refractivity contribution is 6.18. The summed E-state index contributed by atoms with van der Waals surface area (Å²) in [6.45, 7) is 0.711. The second-order valence-corrected chi connectivity index (χ2v) is 3.65. The maximum atomic E-state index is 8.83. The first-order valence-corrected chi connectivity index (χ1v) is 5.14. The highest BCUT2D eigenvalue weighted by Crippen LogP contribution is 2.21. The van der Waals surface area contributed by atoms with Crippen molar-refractivity contribution in [3.05, 3.63) is 0 Å². The average molecular weight is 187 g/mol. The number of alkyl halides is 1. The Morgan fingerprint density at radius 3 is 2.50 bits per heavy atom. The molecule has 0 saturated heterocycles. The molecule has 0 heterocycles. The van der Waals surface area contributed by atoms with Gasteiger partial charge in [0.15, 0.2) is 6.19 Å². The molecule has 1 aliphatic carbocycles. The molecule has 12 heavy (non-hydrogen) atoms. The monoisotopic (exact) mass is 186 g/mol. The fourth-order valence-electron chi connectivity index (χ4n) is 1.80. The average Bonchev–Trinajstić information content (AvgIpc) is 2.15. The van der Waals surface area contributed by atoms with Gasteiger partial charge in [0, 0.05) is 18.5 Å². The summed E-state index contributed by atoms with van der Waals surface area (Å²) >= 11 is 5.60. The van der Waals surface area contributed by atoms with Crippen LogP contribution in [-0.2, 0) is 0 Å². The molecule has 0 unspecified atom stereocenters. The van der Waals surface area contributed by atoms with Crippen LogP contribution in [-0.4, -0.2) is 23.4 Å². The number of nitriles is 1. The quantitative estimate of drug-likeness (QED) is 0.384. The molecule has 0 atom stereocenters. The van der Waals surface area contributed by atoms with Crippen molar-refractivity contribution in [2.24, 2.45) is 0 Å². The van der Waals surface area contributed by atoms with Gasteiger partial charge in [-0.3, -0.25) is 0 Å². The SMILES string of the molecule is N#CN(CCCl)C1CCCCC1. The normalized spacial score (nSPS) is 18.7. The molecule has 0 aliphatic heterocycles. The maximum Gasteiger partial charge on any atom is 0.179 e. The van der Waals surface area contributed by atoms with E-state index in [0.29, 0.717) is 18.5 Å². The Morgan fingerprint density at radius 1 is 1.33 bits per heavy atom. The minimum atomic E-state index is 0.475. The summed E-state index contributed by atoms with van der Waals surface area (Å²) in [5.74, 6) is 0.560. The van der Waals surface area contributed by atoms with Crippen molar-refractivity contribution in [2.75, 3.05) is 12.4 Å². The molecule has 1 saturated carbocycles. The first-order valence-electron chi connectivity index (χ1n) is 4.61. The molecule has 0 N–H and O–H groups in total. The number of rotatable bonds is 3. The van der Waals surface area contributed by atoms with E-state index in [1.54, 1.807) is 0 Å². The molecule has 2 nitrogen and oxygen atoms in total. The molecule has 0 aromatic rings. The van der Waals surface area contributed by atoms with Gasteiger partial charge in [-0.1, -0.05) is 19.3 Å². The number of hydrogen-bond acceptors (Lipinski definition) is 2. The third-order valence-electron chi connectivity index (χ3n) is 2.47. The zero-order valence-corrected chi connectivity index (χ0v) is 8.06. The molecular formula is C9H15ClN2. The van der Waals surface area contributed by atoms with Gasteiger partial charge in [-0.25, -0.2) is 0 Å². The van der Waals surface area contributed by atoms with E-state index >= 15 is 0 Å². The predicted molar refractivity (Wildman–Crippen MR) is 49.9 cm³/mol. The smallest absolute Gasteiger partial charge is 0.179 e. The van der Waals surface area contributed by atoms with E-state index in [-0.39, 0.29) is 0 Å².